The Balaban J connectivity index is 1.37. The van der Waals surface area contributed by atoms with Crippen LogP contribution in [-0.4, -0.2) is 36.2 Å². The Bertz CT molecular complexity index is 719. The molecular formula is C23H29NO2. The smallest absolute Gasteiger partial charge is 0.119 e. The third kappa shape index (κ3) is 4.04. The molecule has 1 aliphatic heterocycles. The molecule has 1 saturated heterocycles. The molecule has 26 heavy (non-hydrogen) atoms. The number of nitrogens with zero attached hydrogens (tertiary/aromatic N) is 1. The van der Waals surface area contributed by atoms with E-state index in [1.54, 1.807) is 0 Å². The molecule has 1 fully saturated rings. The Morgan fingerprint density at radius 2 is 1.77 bits per heavy atom. The standard InChI is InChI=1S/C23H29NO2/c25-20-9-12-23-19(17-20)5-4-6-22(23)18-7-10-21(11-8-18)26-16-15-24-13-2-1-3-14-24/h7-12,17,22,25H,1-6,13-16H2. The second-order valence-corrected chi connectivity index (χ2v) is 7.65. The van der Waals surface area contributed by atoms with Gasteiger partial charge >= 0.3 is 0 Å². The minimum Gasteiger partial charge on any atom is -0.508 e. The van der Waals surface area contributed by atoms with E-state index >= 15 is 0 Å². The van der Waals surface area contributed by atoms with Gasteiger partial charge in [-0.2, -0.15) is 0 Å². The minimum atomic E-state index is 0.377. The van der Waals surface area contributed by atoms with E-state index < -0.39 is 0 Å². The first kappa shape index (κ1) is 17.4. The monoisotopic (exact) mass is 351 g/mol. The lowest BCUT2D eigenvalue weighted by atomic mass is 9.79. The van der Waals surface area contributed by atoms with Crippen LogP contribution in [0.4, 0.5) is 0 Å². The van der Waals surface area contributed by atoms with Crippen molar-refractivity contribution in [2.75, 3.05) is 26.2 Å². The van der Waals surface area contributed by atoms with Gasteiger partial charge in [0.25, 0.3) is 0 Å². The number of hydrogen-bond acceptors (Lipinski definition) is 3. The number of phenols is 1. The summed E-state index contributed by atoms with van der Waals surface area (Å²) in [6.07, 6.45) is 7.45. The van der Waals surface area contributed by atoms with Gasteiger partial charge in [-0.15, -0.1) is 0 Å². The fourth-order valence-electron chi connectivity index (χ4n) is 4.42. The van der Waals surface area contributed by atoms with Crippen LogP contribution in [0.15, 0.2) is 42.5 Å². The van der Waals surface area contributed by atoms with Crippen LogP contribution in [0.3, 0.4) is 0 Å². The van der Waals surface area contributed by atoms with Crippen LogP contribution in [0.25, 0.3) is 0 Å². The summed E-state index contributed by atoms with van der Waals surface area (Å²) in [6, 6.07) is 14.5. The molecule has 3 nitrogen and oxygen atoms in total. The average Bonchev–Trinajstić information content (AvgIpc) is 2.69. The maximum Gasteiger partial charge on any atom is 0.119 e. The van der Waals surface area contributed by atoms with Crippen LogP contribution in [0.5, 0.6) is 11.5 Å². The summed E-state index contributed by atoms with van der Waals surface area (Å²) in [5.74, 6) is 1.77. The van der Waals surface area contributed by atoms with Crippen molar-refractivity contribution in [3.8, 4) is 11.5 Å². The zero-order valence-electron chi connectivity index (χ0n) is 15.5. The number of phenolic OH excluding ortho intramolecular Hbond substituents is 1. The molecule has 0 amide bonds. The second kappa shape index (κ2) is 8.13. The number of aromatic hydroxyl groups is 1. The van der Waals surface area contributed by atoms with Crippen LogP contribution in [0.2, 0.25) is 0 Å². The molecule has 1 atom stereocenters. The molecule has 2 aromatic carbocycles. The Labute approximate surface area is 156 Å². The topological polar surface area (TPSA) is 32.7 Å². The zero-order chi connectivity index (χ0) is 17.8. The number of hydrogen-bond donors (Lipinski definition) is 1. The predicted octanol–water partition coefficient (Wildman–Crippen LogP) is 4.73. The van der Waals surface area contributed by atoms with E-state index in [4.69, 9.17) is 4.74 Å². The number of piperidine rings is 1. The normalized spacial score (nSPS) is 20.5. The van der Waals surface area contributed by atoms with E-state index in [0.29, 0.717) is 11.7 Å². The van der Waals surface area contributed by atoms with Gasteiger partial charge in [0.15, 0.2) is 0 Å². The van der Waals surface area contributed by atoms with E-state index in [9.17, 15) is 5.11 Å². The van der Waals surface area contributed by atoms with E-state index in [1.807, 2.05) is 12.1 Å². The summed E-state index contributed by atoms with van der Waals surface area (Å²) in [7, 11) is 0. The number of fused-ring (bicyclic) bond motifs is 1. The van der Waals surface area contributed by atoms with E-state index in [-0.39, 0.29) is 0 Å². The van der Waals surface area contributed by atoms with Crippen LogP contribution >= 0.6 is 0 Å². The first-order chi connectivity index (χ1) is 12.8. The van der Waals surface area contributed by atoms with Gasteiger partial charge in [-0.1, -0.05) is 24.6 Å². The van der Waals surface area contributed by atoms with E-state index in [0.717, 1.165) is 25.3 Å². The lowest BCUT2D eigenvalue weighted by Crippen LogP contribution is -2.33. The molecule has 1 N–H and O–H groups in total. The largest absolute Gasteiger partial charge is 0.508 e. The van der Waals surface area contributed by atoms with Crippen molar-refractivity contribution in [2.45, 2.75) is 44.4 Å². The highest BCUT2D eigenvalue weighted by Crippen LogP contribution is 2.38. The highest BCUT2D eigenvalue weighted by Gasteiger charge is 2.22. The number of aryl methyl sites for hydroxylation is 1. The zero-order valence-corrected chi connectivity index (χ0v) is 15.5. The summed E-state index contributed by atoms with van der Waals surface area (Å²) >= 11 is 0. The number of likely N-dealkylation sites (tertiary alicyclic amines) is 1. The fourth-order valence-corrected chi connectivity index (χ4v) is 4.42. The van der Waals surface area contributed by atoms with Gasteiger partial charge < -0.3 is 9.84 Å². The lowest BCUT2D eigenvalue weighted by Gasteiger charge is -2.27. The highest BCUT2D eigenvalue weighted by atomic mass is 16.5. The SMILES string of the molecule is Oc1ccc2c(c1)CCCC2c1ccc(OCCN2CCCCC2)cc1. The first-order valence-electron chi connectivity index (χ1n) is 10.1. The lowest BCUT2D eigenvalue weighted by molar-refractivity contribution is 0.183. The van der Waals surface area contributed by atoms with E-state index in [2.05, 4.69) is 35.2 Å². The molecule has 4 rings (SSSR count). The predicted molar refractivity (Wildman–Crippen MR) is 105 cm³/mol. The third-order valence-electron chi connectivity index (χ3n) is 5.85. The molecule has 0 spiro atoms. The molecule has 0 saturated carbocycles. The summed E-state index contributed by atoms with van der Waals surface area (Å²) < 4.78 is 5.96. The molecule has 3 heteroatoms. The molecule has 0 bridgehead atoms. The summed E-state index contributed by atoms with van der Waals surface area (Å²) in [5.41, 5.74) is 4.01. The Morgan fingerprint density at radius 3 is 2.58 bits per heavy atom. The highest BCUT2D eigenvalue weighted by molar-refractivity contribution is 5.44. The van der Waals surface area contributed by atoms with Crippen LogP contribution in [0, 0.1) is 0 Å². The minimum absolute atomic E-state index is 0.377. The van der Waals surface area contributed by atoms with E-state index in [1.165, 1.54) is 61.9 Å². The van der Waals surface area contributed by atoms with Crippen LogP contribution in [0.1, 0.15) is 54.7 Å². The van der Waals surface area contributed by atoms with Gasteiger partial charge in [0.2, 0.25) is 0 Å². The van der Waals surface area contributed by atoms with Gasteiger partial charge in [-0.05, 0) is 86.1 Å². The van der Waals surface area contributed by atoms with Gasteiger partial charge in [0.1, 0.15) is 18.1 Å². The van der Waals surface area contributed by atoms with Gasteiger partial charge in [0, 0.05) is 12.5 Å². The van der Waals surface area contributed by atoms with Crippen molar-refractivity contribution in [3.63, 3.8) is 0 Å². The number of ether oxygens (including phenoxy) is 1. The van der Waals surface area contributed by atoms with Crippen molar-refractivity contribution >= 4 is 0 Å². The molecule has 0 aromatic heterocycles. The maximum atomic E-state index is 9.74. The van der Waals surface area contributed by atoms with Crippen molar-refractivity contribution in [2.24, 2.45) is 0 Å². The molecule has 2 aromatic rings. The molecule has 0 radical (unpaired) electrons. The van der Waals surface area contributed by atoms with Gasteiger partial charge in [0.05, 0.1) is 0 Å². The maximum absolute atomic E-state index is 9.74. The summed E-state index contributed by atoms with van der Waals surface area (Å²) in [6.45, 7) is 4.24. The quantitative estimate of drug-likeness (QED) is 0.846. The molecular weight excluding hydrogens is 322 g/mol. The van der Waals surface area contributed by atoms with Crippen molar-refractivity contribution in [1.29, 1.82) is 0 Å². The fraction of sp³-hybridized carbons (Fsp3) is 0.478. The number of benzene rings is 2. The molecule has 1 aliphatic carbocycles. The van der Waals surface area contributed by atoms with Crippen LogP contribution < -0.4 is 4.74 Å². The molecule has 1 heterocycles. The third-order valence-corrected chi connectivity index (χ3v) is 5.85. The Hall–Kier alpha value is -2.00. The Morgan fingerprint density at radius 1 is 0.962 bits per heavy atom. The molecule has 1 unspecified atom stereocenters. The average molecular weight is 351 g/mol. The van der Waals surface area contributed by atoms with Crippen molar-refractivity contribution in [3.05, 3.63) is 59.2 Å². The molecule has 2 aliphatic rings. The van der Waals surface area contributed by atoms with Gasteiger partial charge in [-0.3, -0.25) is 4.90 Å². The first-order valence-corrected chi connectivity index (χ1v) is 10.1. The van der Waals surface area contributed by atoms with Crippen molar-refractivity contribution in [1.82, 2.24) is 4.90 Å². The second-order valence-electron chi connectivity index (χ2n) is 7.65. The Kier molecular flexibility index (Phi) is 5.45. The van der Waals surface area contributed by atoms with Crippen molar-refractivity contribution < 1.29 is 9.84 Å². The summed E-state index contributed by atoms with van der Waals surface area (Å²) in [5, 5.41) is 9.74. The molecule has 138 valence electrons. The summed E-state index contributed by atoms with van der Waals surface area (Å²) in [4.78, 5) is 2.51. The van der Waals surface area contributed by atoms with Crippen LogP contribution in [-0.2, 0) is 6.42 Å². The number of rotatable bonds is 5. The van der Waals surface area contributed by atoms with Gasteiger partial charge in [-0.25, -0.2) is 0 Å².